The Kier molecular flexibility index (Phi) is 5.03. The summed E-state index contributed by atoms with van der Waals surface area (Å²) in [4.78, 5) is 39.6. The third kappa shape index (κ3) is 3.84. The molecule has 1 amide bonds. The fourth-order valence-corrected chi connectivity index (χ4v) is 3.71. The van der Waals surface area contributed by atoms with Crippen LogP contribution in [0.25, 0.3) is 11.0 Å². The van der Waals surface area contributed by atoms with Gasteiger partial charge in [0.1, 0.15) is 5.75 Å². The molecule has 9 nitrogen and oxygen atoms in total. The molecule has 0 radical (unpaired) electrons. The Bertz CT molecular complexity index is 1090. The Morgan fingerprint density at radius 2 is 1.83 bits per heavy atom. The fraction of sp³-hybridized carbons (Fsp3) is 0.300. The summed E-state index contributed by atoms with van der Waals surface area (Å²) in [6.45, 7) is 0.952. The largest absolute Gasteiger partial charge is 0.484 e. The molecular formula is C20H20N4O5. The van der Waals surface area contributed by atoms with Crippen LogP contribution in [-0.2, 0) is 4.79 Å². The van der Waals surface area contributed by atoms with Crippen molar-refractivity contribution in [3.05, 3.63) is 69.1 Å². The minimum Gasteiger partial charge on any atom is -0.484 e. The number of hydrogen-bond donors (Lipinski definition) is 1. The van der Waals surface area contributed by atoms with Crippen molar-refractivity contribution in [2.24, 2.45) is 0 Å². The number of carbonyl (C=O) groups excluding carboxylic acids is 1. The molecule has 2 heterocycles. The molecule has 1 fully saturated rings. The molecule has 1 aliphatic rings. The maximum atomic E-state index is 12.4. The number of nitrogens with zero attached hydrogens (tertiary/aromatic N) is 3. The first-order chi connectivity index (χ1) is 14.0. The SMILES string of the molecule is O=C(COc1ccc([N+](=O)[O-])cc1)N1CCC(n2c(=O)[nH]c3ccccc32)CC1. The van der Waals surface area contributed by atoms with Gasteiger partial charge in [-0.05, 0) is 37.1 Å². The van der Waals surface area contributed by atoms with Gasteiger partial charge < -0.3 is 14.6 Å². The molecule has 0 atom stereocenters. The summed E-state index contributed by atoms with van der Waals surface area (Å²) in [6.07, 6.45) is 1.37. The van der Waals surface area contributed by atoms with Gasteiger partial charge in [0, 0.05) is 31.3 Å². The van der Waals surface area contributed by atoms with E-state index in [1.165, 1.54) is 24.3 Å². The zero-order chi connectivity index (χ0) is 20.4. The molecular weight excluding hydrogens is 376 g/mol. The Hall–Kier alpha value is -3.62. The van der Waals surface area contributed by atoms with Crippen molar-refractivity contribution < 1.29 is 14.5 Å². The van der Waals surface area contributed by atoms with Crippen LogP contribution in [0.2, 0.25) is 0 Å². The van der Waals surface area contributed by atoms with Gasteiger partial charge in [0.05, 0.1) is 16.0 Å². The molecule has 2 aromatic carbocycles. The molecule has 9 heteroatoms. The minimum atomic E-state index is -0.488. The van der Waals surface area contributed by atoms with Crippen LogP contribution >= 0.6 is 0 Å². The number of non-ortho nitro benzene ring substituents is 1. The summed E-state index contributed by atoms with van der Waals surface area (Å²) < 4.78 is 7.24. The number of nitrogens with one attached hydrogen (secondary N) is 1. The van der Waals surface area contributed by atoms with E-state index in [-0.39, 0.29) is 29.9 Å². The number of benzene rings is 2. The third-order valence-electron chi connectivity index (χ3n) is 5.22. The van der Waals surface area contributed by atoms with E-state index < -0.39 is 4.92 Å². The van der Waals surface area contributed by atoms with E-state index in [0.717, 1.165) is 11.0 Å². The van der Waals surface area contributed by atoms with Crippen LogP contribution in [0.1, 0.15) is 18.9 Å². The Morgan fingerprint density at radius 1 is 1.14 bits per heavy atom. The smallest absolute Gasteiger partial charge is 0.326 e. The van der Waals surface area contributed by atoms with Crippen LogP contribution in [-0.4, -0.2) is 45.0 Å². The van der Waals surface area contributed by atoms with Crippen molar-refractivity contribution in [3.8, 4) is 5.75 Å². The van der Waals surface area contributed by atoms with Crippen LogP contribution in [0.5, 0.6) is 5.75 Å². The van der Waals surface area contributed by atoms with E-state index in [2.05, 4.69) is 4.98 Å². The lowest BCUT2D eigenvalue weighted by molar-refractivity contribution is -0.384. The predicted molar refractivity (Wildman–Crippen MR) is 106 cm³/mol. The van der Waals surface area contributed by atoms with Gasteiger partial charge in [0.2, 0.25) is 0 Å². The molecule has 1 aliphatic heterocycles. The van der Waals surface area contributed by atoms with E-state index in [1.807, 2.05) is 24.3 Å². The highest BCUT2D eigenvalue weighted by Gasteiger charge is 2.26. The zero-order valence-corrected chi connectivity index (χ0v) is 15.6. The van der Waals surface area contributed by atoms with Crippen molar-refractivity contribution in [1.29, 1.82) is 0 Å². The molecule has 0 saturated carbocycles. The number of amides is 1. The molecule has 3 aromatic rings. The number of nitro groups is 1. The van der Waals surface area contributed by atoms with Gasteiger partial charge in [-0.1, -0.05) is 12.1 Å². The maximum absolute atomic E-state index is 12.4. The number of imidazole rings is 1. The number of para-hydroxylation sites is 2. The fourth-order valence-electron chi connectivity index (χ4n) is 3.71. The van der Waals surface area contributed by atoms with Gasteiger partial charge in [0.15, 0.2) is 6.61 Å². The normalized spacial score (nSPS) is 14.8. The number of nitro benzene ring substituents is 1. The number of carbonyl (C=O) groups is 1. The van der Waals surface area contributed by atoms with Crippen LogP contribution < -0.4 is 10.4 Å². The highest BCUT2D eigenvalue weighted by Crippen LogP contribution is 2.25. The van der Waals surface area contributed by atoms with E-state index in [4.69, 9.17) is 4.74 Å². The second-order valence-corrected chi connectivity index (χ2v) is 6.97. The molecule has 0 bridgehead atoms. The minimum absolute atomic E-state index is 0.0294. The highest BCUT2D eigenvalue weighted by atomic mass is 16.6. The number of fused-ring (bicyclic) bond motifs is 1. The van der Waals surface area contributed by atoms with E-state index >= 15 is 0 Å². The van der Waals surface area contributed by atoms with E-state index in [0.29, 0.717) is 31.7 Å². The number of aromatic amines is 1. The van der Waals surface area contributed by atoms with Gasteiger partial charge in [0.25, 0.3) is 11.6 Å². The first-order valence-electron chi connectivity index (χ1n) is 9.37. The number of hydrogen-bond acceptors (Lipinski definition) is 5. The van der Waals surface area contributed by atoms with Gasteiger partial charge in [-0.3, -0.25) is 19.5 Å². The molecule has 4 rings (SSSR count). The predicted octanol–water partition coefficient (Wildman–Crippen LogP) is 2.48. The lowest BCUT2D eigenvalue weighted by Crippen LogP contribution is -2.42. The second-order valence-electron chi connectivity index (χ2n) is 6.97. The average Bonchev–Trinajstić information content (AvgIpc) is 3.08. The third-order valence-corrected chi connectivity index (χ3v) is 5.22. The lowest BCUT2D eigenvalue weighted by atomic mass is 10.0. The lowest BCUT2D eigenvalue weighted by Gasteiger charge is -2.32. The molecule has 1 aromatic heterocycles. The average molecular weight is 396 g/mol. The number of rotatable bonds is 5. The summed E-state index contributed by atoms with van der Waals surface area (Å²) in [6, 6.07) is 13.2. The molecule has 1 saturated heterocycles. The summed E-state index contributed by atoms with van der Waals surface area (Å²) in [5.74, 6) is 0.261. The summed E-state index contributed by atoms with van der Waals surface area (Å²) in [5.41, 5.74) is 1.53. The topological polar surface area (TPSA) is 110 Å². The van der Waals surface area contributed by atoms with E-state index in [1.54, 1.807) is 9.47 Å². The van der Waals surface area contributed by atoms with Gasteiger partial charge in [-0.25, -0.2) is 4.79 Å². The summed E-state index contributed by atoms with van der Waals surface area (Å²) in [5, 5.41) is 10.7. The van der Waals surface area contributed by atoms with Gasteiger partial charge in [-0.15, -0.1) is 0 Å². The number of H-pyrrole nitrogens is 1. The number of ether oxygens (including phenoxy) is 1. The Morgan fingerprint density at radius 3 is 2.52 bits per heavy atom. The standard InChI is InChI=1S/C20H20N4O5/c25-19(13-29-16-7-5-15(6-8-16)24(27)28)22-11-9-14(10-12-22)23-18-4-2-1-3-17(18)21-20(23)26/h1-8,14H,9-13H2,(H,21,26). The summed E-state index contributed by atoms with van der Waals surface area (Å²) >= 11 is 0. The first kappa shape index (κ1) is 18.7. The maximum Gasteiger partial charge on any atom is 0.326 e. The molecule has 0 aliphatic carbocycles. The van der Waals surface area contributed by atoms with Gasteiger partial charge >= 0.3 is 5.69 Å². The monoisotopic (exact) mass is 396 g/mol. The van der Waals surface area contributed by atoms with Crippen molar-refractivity contribution in [2.45, 2.75) is 18.9 Å². The summed E-state index contributed by atoms with van der Waals surface area (Å²) in [7, 11) is 0. The molecule has 0 unspecified atom stereocenters. The number of aromatic nitrogens is 2. The quantitative estimate of drug-likeness (QED) is 0.526. The van der Waals surface area contributed by atoms with Crippen LogP contribution in [0, 0.1) is 10.1 Å². The first-order valence-corrected chi connectivity index (χ1v) is 9.37. The highest BCUT2D eigenvalue weighted by molar-refractivity contribution is 5.78. The zero-order valence-electron chi connectivity index (χ0n) is 15.6. The van der Waals surface area contributed by atoms with Crippen molar-refractivity contribution >= 4 is 22.6 Å². The number of likely N-dealkylation sites (tertiary alicyclic amines) is 1. The van der Waals surface area contributed by atoms with Crippen LogP contribution in [0.15, 0.2) is 53.3 Å². The van der Waals surface area contributed by atoms with Crippen molar-refractivity contribution in [1.82, 2.24) is 14.5 Å². The van der Waals surface area contributed by atoms with Crippen molar-refractivity contribution in [2.75, 3.05) is 19.7 Å². The Labute approximate surface area is 165 Å². The molecule has 0 spiro atoms. The molecule has 1 N–H and O–H groups in total. The molecule has 150 valence electrons. The van der Waals surface area contributed by atoms with E-state index in [9.17, 15) is 19.7 Å². The van der Waals surface area contributed by atoms with Crippen LogP contribution in [0.4, 0.5) is 5.69 Å². The molecule has 29 heavy (non-hydrogen) atoms. The second kappa shape index (κ2) is 7.78. The van der Waals surface area contributed by atoms with Gasteiger partial charge in [-0.2, -0.15) is 0 Å². The Balaban J connectivity index is 1.34. The van der Waals surface area contributed by atoms with Crippen molar-refractivity contribution in [3.63, 3.8) is 0 Å². The van der Waals surface area contributed by atoms with Crippen LogP contribution in [0.3, 0.4) is 0 Å². The number of piperidine rings is 1.